The van der Waals surface area contributed by atoms with Crippen LogP contribution in [0.1, 0.15) is 13.8 Å². The molecule has 0 radical (unpaired) electrons. The van der Waals surface area contributed by atoms with Crippen molar-refractivity contribution in [2.24, 2.45) is 0 Å². The van der Waals surface area contributed by atoms with E-state index in [1.54, 1.807) is 18.7 Å². The lowest BCUT2D eigenvalue weighted by molar-refractivity contribution is -0.118. The third kappa shape index (κ3) is 3.81. The Hall–Kier alpha value is -0.520. The van der Waals surface area contributed by atoms with Crippen LogP contribution in [0.25, 0.3) is 0 Å². The van der Waals surface area contributed by atoms with E-state index in [4.69, 9.17) is 0 Å². The number of nitrogens with one attached hydrogen (secondary N) is 2. The normalized spacial score (nSPS) is 18.6. The zero-order valence-corrected chi connectivity index (χ0v) is 10.9. The monoisotopic (exact) mass is 244 g/mol. The Morgan fingerprint density at radius 2 is 2.25 bits per heavy atom. The number of carbonyl (C=O) groups is 1. The number of hydrogen-bond acceptors (Lipinski definition) is 4. The predicted octanol–water partition coefficient (Wildman–Crippen LogP) is 0.136. The molecule has 1 aliphatic heterocycles. The summed E-state index contributed by atoms with van der Waals surface area (Å²) in [6.07, 6.45) is 1.93. The van der Waals surface area contributed by atoms with Gasteiger partial charge in [0.2, 0.25) is 5.91 Å². The molecule has 4 nitrogen and oxygen atoms in total. The Balaban J connectivity index is 2.40. The van der Waals surface area contributed by atoms with E-state index in [2.05, 4.69) is 10.6 Å². The molecule has 1 rings (SSSR count). The lowest BCUT2D eigenvalue weighted by Crippen LogP contribution is -2.44. The molecule has 0 aromatic carbocycles. The average molecular weight is 244 g/mol. The number of rotatable bonds is 5. The summed E-state index contributed by atoms with van der Waals surface area (Å²) in [7, 11) is 0. The predicted molar refractivity (Wildman–Crippen MR) is 67.6 cm³/mol. The van der Waals surface area contributed by atoms with Crippen molar-refractivity contribution < 1.29 is 9.90 Å². The number of carbonyl (C=O) groups excluding carboxylic acids is 1. The van der Waals surface area contributed by atoms with Gasteiger partial charge in [-0.15, -0.1) is 0 Å². The van der Waals surface area contributed by atoms with Crippen LogP contribution >= 0.6 is 11.8 Å². The van der Waals surface area contributed by atoms with E-state index >= 15 is 0 Å². The minimum atomic E-state index is -0.835. The molecule has 1 saturated heterocycles. The third-order valence-electron chi connectivity index (χ3n) is 2.63. The van der Waals surface area contributed by atoms with Crippen molar-refractivity contribution in [3.8, 4) is 0 Å². The summed E-state index contributed by atoms with van der Waals surface area (Å²) in [5.74, 6) is 0.544. The molecular weight excluding hydrogens is 224 g/mol. The van der Waals surface area contributed by atoms with Crippen LogP contribution in [-0.2, 0) is 4.79 Å². The Labute approximate surface area is 101 Å². The zero-order valence-electron chi connectivity index (χ0n) is 10.1. The number of aliphatic hydroxyl groups is 1. The smallest absolute Gasteiger partial charge is 0.247 e. The van der Waals surface area contributed by atoms with Crippen molar-refractivity contribution in [1.29, 1.82) is 0 Å². The second-order valence-electron chi connectivity index (χ2n) is 4.44. The van der Waals surface area contributed by atoms with E-state index < -0.39 is 5.60 Å². The van der Waals surface area contributed by atoms with E-state index in [9.17, 15) is 9.90 Å². The number of hydrogen-bond donors (Lipinski definition) is 3. The Morgan fingerprint density at radius 3 is 2.69 bits per heavy atom. The second-order valence-corrected chi connectivity index (χ2v) is 5.31. The maximum Gasteiger partial charge on any atom is 0.247 e. The van der Waals surface area contributed by atoms with Gasteiger partial charge in [-0.3, -0.25) is 4.79 Å². The van der Waals surface area contributed by atoms with E-state index in [0.29, 0.717) is 12.3 Å². The minimum Gasteiger partial charge on any atom is -0.387 e. The minimum absolute atomic E-state index is 0.0714. The van der Waals surface area contributed by atoms with Crippen LogP contribution in [0.15, 0.2) is 11.1 Å². The van der Waals surface area contributed by atoms with Gasteiger partial charge in [0.05, 0.1) is 5.60 Å². The molecule has 0 aromatic rings. The molecule has 1 aliphatic rings. The Morgan fingerprint density at radius 1 is 1.62 bits per heavy atom. The van der Waals surface area contributed by atoms with Crippen molar-refractivity contribution >= 4 is 17.7 Å². The summed E-state index contributed by atoms with van der Waals surface area (Å²) in [4.78, 5) is 11.7. The molecule has 3 N–H and O–H groups in total. The first kappa shape index (κ1) is 13.5. The van der Waals surface area contributed by atoms with Gasteiger partial charge in [0.1, 0.15) is 0 Å². The van der Waals surface area contributed by atoms with Gasteiger partial charge in [0.15, 0.2) is 0 Å². The summed E-state index contributed by atoms with van der Waals surface area (Å²) in [6.45, 7) is 5.47. The van der Waals surface area contributed by atoms with Crippen LogP contribution in [0.3, 0.4) is 0 Å². The summed E-state index contributed by atoms with van der Waals surface area (Å²) >= 11 is 1.57. The topological polar surface area (TPSA) is 61.4 Å². The van der Waals surface area contributed by atoms with Crippen LogP contribution < -0.4 is 10.6 Å². The Kier molecular flexibility index (Phi) is 4.83. The third-order valence-corrected chi connectivity index (χ3v) is 3.54. The molecule has 1 fully saturated rings. The van der Waals surface area contributed by atoms with Crippen molar-refractivity contribution in [1.82, 2.24) is 10.6 Å². The van der Waals surface area contributed by atoms with Gasteiger partial charge in [-0.25, -0.2) is 0 Å². The highest BCUT2D eigenvalue weighted by Gasteiger charge is 2.22. The fourth-order valence-corrected chi connectivity index (χ4v) is 2.16. The van der Waals surface area contributed by atoms with Gasteiger partial charge in [-0.1, -0.05) is 0 Å². The highest BCUT2D eigenvalue weighted by molar-refractivity contribution is 7.98. The van der Waals surface area contributed by atoms with Crippen molar-refractivity contribution in [2.45, 2.75) is 19.4 Å². The maximum absolute atomic E-state index is 11.7. The molecule has 1 unspecified atom stereocenters. The first-order chi connectivity index (χ1) is 7.46. The second kappa shape index (κ2) is 5.70. The molecule has 92 valence electrons. The molecular formula is C11H20N2O2S. The van der Waals surface area contributed by atoms with E-state index in [-0.39, 0.29) is 5.91 Å². The fourth-order valence-electron chi connectivity index (χ4n) is 1.44. The van der Waals surface area contributed by atoms with Crippen LogP contribution in [0.4, 0.5) is 0 Å². The lowest BCUT2D eigenvalue weighted by Gasteiger charge is -2.24. The van der Waals surface area contributed by atoms with Crippen LogP contribution in [-0.4, -0.2) is 48.3 Å². The van der Waals surface area contributed by atoms with E-state index in [1.165, 1.54) is 0 Å². The molecule has 0 aliphatic carbocycles. The molecule has 0 aromatic heterocycles. The zero-order chi connectivity index (χ0) is 12.2. The SMILES string of the molecule is CSCC(C)(O)CNC(=O)C(C)=C1CNC1. The molecule has 1 amide bonds. The molecule has 1 atom stereocenters. The van der Waals surface area contributed by atoms with Gasteiger partial charge in [-0.2, -0.15) is 11.8 Å². The van der Waals surface area contributed by atoms with Gasteiger partial charge in [-0.05, 0) is 25.7 Å². The molecule has 5 heteroatoms. The standard InChI is InChI=1S/C11H20N2O2S/c1-8(9-4-12-5-9)10(14)13-6-11(2,15)7-16-3/h12,15H,4-7H2,1-3H3,(H,13,14). The largest absolute Gasteiger partial charge is 0.387 e. The molecule has 1 heterocycles. The van der Waals surface area contributed by atoms with Gasteiger partial charge < -0.3 is 15.7 Å². The molecule has 0 bridgehead atoms. The van der Waals surface area contributed by atoms with Crippen molar-refractivity contribution in [3.05, 3.63) is 11.1 Å². The van der Waals surface area contributed by atoms with Gasteiger partial charge >= 0.3 is 0 Å². The highest BCUT2D eigenvalue weighted by atomic mass is 32.2. The summed E-state index contributed by atoms with van der Waals surface area (Å²) in [5, 5.41) is 15.8. The van der Waals surface area contributed by atoms with E-state index in [1.807, 2.05) is 13.2 Å². The van der Waals surface area contributed by atoms with E-state index in [0.717, 1.165) is 24.2 Å². The van der Waals surface area contributed by atoms with Crippen LogP contribution in [0.2, 0.25) is 0 Å². The molecule has 0 spiro atoms. The van der Waals surface area contributed by atoms with Gasteiger partial charge in [0, 0.05) is 31.0 Å². The number of amides is 1. The van der Waals surface area contributed by atoms with Crippen LogP contribution in [0.5, 0.6) is 0 Å². The molecule has 0 saturated carbocycles. The van der Waals surface area contributed by atoms with Crippen molar-refractivity contribution in [3.63, 3.8) is 0 Å². The quantitative estimate of drug-likeness (QED) is 0.602. The first-order valence-electron chi connectivity index (χ1n) is 5.35. The molecule has 16 heavy (non-hydrogen) atoms. The lowest BCUT2D eigenvalue weighted by atomic mass is 10.0. The van der Waals surface area contributed by atoms with Crippen molar-refractivity contribution in [2.75, 3.05) is 31.6 Å². The number of thioether (sulfide) groups is 1. The summed E-state index contributed by atoms with van der Waals surface area (Å²) in [5.41, 5.74) is 1.10. The van der Waals surface area contributed by atoms with Crippen LogP contribution in [0, 0.1) is 0 Å². The summed E-state index contributed by atoms with van der Waals surface area (Å²) in [6, 6.07) is 0. The fraction of sp³-hybridized carbons (Fsp3) is 0.727. The summed E-state index contributed by atoms with van der Waals surface area (Å²) < 4.78 is 0. The Bertz CT molecular complexity index is 294. The highest BCUT2D eigenvalue weighted by Crippen LogP contribution is 2.11. The average Bonchev–Trinajstić information content (AvgIpc) is 2.11. The first-order valence-corrected chi connectivity index (χ1v) is 6.74. The van der Waals surface area contributed by atoms with Gasteiger partial charge in [0.25, 0.3) is 0 Å². The maximum atomic E-state index is 11.7.